The molecule has 0 amide bonds. The highest BCUT2D eigenvalue weighted by Crippen LogP contribution is 2.16. The smallest absolute Gasteiger partial charge is 0.231 e. The van der Waals surface area contributed by atoms with Gasteiger partial charge in [0.25, 0.3) is 0 Å². The monoisotopic (exact) mass is 294 g/mol. The van der Waals surface area contributed by atoms with Gasteiger partial charge in [0.1, 0.15) is 0 Å². The minimum Gasteiger partial charge on any atom is -0.354 e. The SMILES string of the molecule is CCCCN(C)c1nc(NCCC)nc(N(CC)CC)n1. The molecule has 0 saturated carbocycles. The number of rotatable bonds is 10. The van der Waals surface area contributed by atoms with Crippen LogP contribution >= 0.6 is 0 Å². The van der Waals surface area contributed by atoms with Gasteiger partial charge in [-0.15, -0.1) is 0 Å². The number of hydrogen-bond acceptors (Lipinski definition) is 6. The zero-order chi connectivity index (χ0) is 15.7. The lowest BCUT2D eigenvalue weighted by molar-refractivity contribution is 0.739. The normalized spacial score (nSPS) is 10.5. The van der Waals surface area contributed by atoms with Gasteiger partial charge in [-0.25, -0.2) is 0 Å². The molecule has 21 heavy (non-hydrogen) atoms. The van der Waals surface area contributed by atoms with Gasteiger partial charge in [-0.1, -0.05) is 20.3 Å². The highest BCUT2D eigenvalue weighted by atomic mass is 15.4. The van der Waals surface area contributed by atoms with Crippen LogP contribution in [0.4, 0.5) is 17.8 Å². The molecule has 1 rings (SSSR count). The van der Waals surface area contributed by atoms with Crippen molar-refractivity contribution in [3.05, 3.63) is 0 Å². The Labute approximate surface area is 129 Å². The quantitative estimate of drug-likeness (QED) is 0.716. The minimum absolute atomic E-state index is 0.673. The lowest BCUT2D eigenvalue weighted by atomic mass is 10.3. The summed E-state index contributed by atoms with van der Waals surface area (Å²) in [5.41, 5.74) is 0. The largest absolute Gasteiger partial charge is 0.354 e. The number of unbranched alkanes of at least 4 members (excludes halogenated alkanes) is 1. The van der Waals surface area contributed by atoms with Crippen LogP contribution in [-0.2, 0) is 0 Å². The molecule has 0 aliphatic rings. The first kappa shape index (κ1) is 17.5. The average molecular weight is 294 g/mol. The van der Waals surface area contributed by atoms with Gasteiger partial charge in [0.15, 0.2) is 0 Å². The average Bonchev–Trinajstić information content (AvgIpc) is 2.51. The summed E-state index contributed by atoms with van der Waals surface area (Å²) in [5, 5.41) is 3.27. The Morgan fingerprint density at radius 1 is 0.905 bits per heavy atom. The molecule has 0 spiro atoms. The summed E-state index contributed by atoms with van der Waals surface area (Å²) in [7, 11) is 2.04. The van der Waals surface area contributed by atoms with E-state index in [-0.39, 0.29) is 0 Å². The van der Waals surface area contributed by atoms with E-state index < -0.39 is 0 Å². The summed E-state index contributed by atoms with van der Waals surface area (Å²) in [4.78, 5) is 18.0. The summed E-state index contributed by atoms with van der Waals surface area (Å²) < 4.78 is 0. The van der Waals surface area contributed by atoms with Crippen molar-refractivity contribution in [3.8, 4) is 0 Å². The minimum atomic E-state index is 0.673. The lowest BCUT2D eigenvalue weighted by Gasteiger charge is -2.22. The Morgan fingerprint density at radius 2 is 1.57 bits per heavy atom. The molecule has 0 unspecified atom stereocenters. The number of nitrogens with one attached hydrogen (secondary N) is 1. The second-order valence-electron chi connectivity index (χ2n) is 5.13. The highest BCUT2D eigenvalue weighted by Gasteiger charge is 2.13. The predicted octanol–water partition coefficient (Wildman–Crippen LogP) is 2.78. The molecular weight excluding hydrogens is 264 g/mol. The molecule has 0 fully saturated rings. The Balaban J connectivity index is 3.01. The van der Waals surface area contributed by atoms with Crippen LogP contribution in [0.3, 0.4) is 0 Å². The lowest BCUT2D eigenvalue weighted by Crippen LogP contribution is -2.28. The molecule has 0 saturated heterocycles. The van der Waals surface area contributed by atoms with Crippen molar-refractivity contribution in [1.29, 1.82) is 0 Å². The van der Waals surface area contributed by atoms with Crippen molar-refractivity contribution < 1.29 is 0 Å². The molecule has 0 bridgehead atoms. The molecule has 6 heteroatoms. The van der Waals surface area contributed by atoms with Gasteiger partial charge in [0.05, 0.1) is 0 Å². The summed E-state index contributed by atoms with van der Waals surface area (Å²) >= 11 is 0. The van der Waals surface area contributed by atoms with E-state index in [1.54, 1.807) is 0 Å². The highest BCUT2D eigenvalue weighted by molar-refractivity contribution is 5.44. The van der Waals surface area contributed by atoms with E-state index in [0.29, 0.717) is 5.95 Å². The first-order valence-electron chi connectivity index (χ1n) is 8.12. The van der Waals surface area contributed by atoms with Crippen LogP contribution in [0.5, 0.6) is 0 Å². The maximum absolute atomic E-state index is 4.63. The topological polar surface area (TPSA) is 57.2 Å². The van der Waals surface area contributed by atoms with Crippen molar-refractivity contribution in [2.24, 2.45) is 0 Å². The van der Waals surface area contributed by atoms with Crippen molar-refractivity contribution in [2.45, 2.75) is 47.0 Å². The van der Waals surface area contributed by atoms with Gasteiger partial charge in [-0.05, 0) is 26.7 Å². The van der Waals surface area contributed by atoms with Gasteiger partial charge in [-0.3, -0.25) is 0 Å². The second-order valence-corrected chi connectivity index (χ2v) is 5.13. The Morgan fingerprint density at radius 3 is 2.14 bits per heavy atom. The van der Waals surface area contributed by atoms with Crippen molar-refractivity contribution >= 4 is 17.8 Å². The Kier molecular flexibility index (Phi) is 7.79. The van der Waals surface area contributed by atoms with Crippen LogP contribution in [0.15, 0.2) is 0 Å². The Bertz CT molecular complexity index is 405. The van der Waals surface area contributed by atoms with Crippen LogP contribution in [0.25, 0.3) is 0 Å². The standard InChI is InChI=1S/C15H30N6/c1-6-10-12-20(5)14-17-13(16-11-7-2)18-15(19-14)21(8-3)9-4/h6-12H2,1-5H3,(H,16,17,18,19). The third-order valence-electron chi connectivity index (χ3n) is 3.38. The Hall–Kier alpha value is -1.59. The van der Waals surface area contributed by atoms with Gasteiger partial charge < -0.3 is 15.1 Å². The van der Waals surface area contributed by atoms with E-state index in [4.69, 9.17) is 0 Å². The van der Waals surface area contributed by atoms with E-state index in [1.807, 2.05) is 7.05 Å². The molecule has 0 aliphatic carbocycles. The number of aromatic nitrogens is 3. The van der Waals surface area contributed by atoms with Gasteiger partial charge in [0, 0.05) is 33.2 Å². The molecule has 0 aromatic carbocycles. The third-order valence-corrected chi connectivity index (χ3v) is 3.38. The fourth-order valence-electron chi connectivity index (χ4n) is 1.98. The first-order valence-corrected chi connectivity index (χ1v) is 8.12. The molecule has 0 atom stereocenters. The number of anilines is 3. The molecule has 1 N–H and O–H groups in total. The van der Waals surface area contributed by atoms with E-state index in [1.165, 1.54) is 6.42 Å². The summed E-state index contributed by atoms with van der Waals surface area (Å²) in [6.45, 7) is 12.2. The molecule has 0 aliphatic heterocycles. The zero-order valence-electron chi connectivity index (χ0n) is 14.2. The van der Waals surface area contributed by atoms with Crippen LogP contribution in [-0.4, -0.2) is 48.2 Å². The molecule has 1 aromatic rings. The second kappa shape index (κ2) is 9.37. The van der Waals surface area contributed by atoms with E-state index in [0.717, 1.165) is 50.9 Å². The maximum Gasteiger partial charge on any atom is 0.231 e. The third kappa shape index (κ3) is 5.36. The van der Waals surface area contributed by atoms with Crippen LogP contribution < -0.4 is 15.1 Å². The van der Waals surface area contributed by atoms with Crippen LogP contribution in [0.2, 0.25) is 0 Å². The summed E-state index contributed by atoms with van der Waals surface area (Å²) in [5.74, 6) is 2.18. The molecule has 1 heterocycles. The molecule has 1 aromatic heterocycles. The maximum atomic E-state index is 4.63. The van der Waals surface area contributed by atoms with Gasteiger partial charge in [0.2, 0.25) is 17.8 Å². The van der Waals surface area contributed by atoms with Gasteiger partial charge >= 0.3 is 0 Å². The fourth-order valence-corrected chi connectivity index (χ4v) is 1.98. The van der Waals surface area contributed by atoms with Crippen molar-refractivity contribution in [3.63, 3.8) is 0 Å². The summed E-state index contributed by atoms with van der Waals surface area (Å²) in [6.07, 6.45) is 3.35. The van der Waals surface area contributed by atoms with Crippen molar-refractivity contribution in [2.75, 3.05) is 48.3 Å². The predicted molar refractivity (Wildman–Crippen MR) is 90.3 cm³/mol. The van der Waals surface area contributed by atoms with E-state index in [9.17, 15) is 0 Å². The van der Waals surface area contributed by atoms with E-state index >= 15 is 0 Å². The first-order chi connectivity index (χ1) is 10.2. The number of hydrogen-bond donors (Lipinski definition) is 1. The number of nitrogens with zero attached hydrogens (tertiary/aromatic N) is 5. The zero-order valence-corrected chi connectivity index (χ0v) is 14.2. The molecule has 0 radical (unpaired) electrons. The fraction of sp³-hybridized carbons (Fsp3) is 0.800. The van der Waals surface area contributed by atoms with E-state index in [2.05, 4.69) is 57.8 Å². The molecule has 120 valence electrons. The van der Waals surface area contributed by atoms with Crippen LogP contribution in [0.1, 0.15) is 47.0 Å². The van der Waals surface area contributed by atoms with Crippen molar-refractivity contribution in [1.82, 2.24) is 15.0 Å². The van der Waals surface area contributed by atoms with Crippen LogP contribution in [0, 0.1) is 0 Å². The molecule has 6 nitrogen and oxygen atoms in total. The van der Waals surface area contributed by atoms with Gasteiger partial charge in [-0.2, -0.15) is 15.0 Å². The summed E-state index contributed by atoms with van der Waals surface area (Å²) in [6, 6.07) is 0. The molecular formula is C15H30N6.